The molecule has 1 fully saturated rings. The molecule has 2 atom stereocenters. The van der Waals surface area contributed by atoms with E-state index in [-0.39, 0.29) is 18.0 Å². The number of methoxy groups -OCH3 is 2. The van der Waals surface area contributed by atoms with Crippen LogP contribution in [0, 0.1) is 0 Å². The lowest BCUT2D eigenvalue weighted by Gasteiger charge is -2.15. The third-order valence-corrected chi connectivity index (χ3v) is 4.68. The van der Waals surface area contributed by atoms with E-state index in [1.165, 1.54) is 4.31 Å². The predicted octanol–water partition coefficient (Wildman–Crippen LogP) is -0.989. The molecule has 7 heteroatoms. The molecule has 2 unspecified atom stereocenters. The zero-order chi connectivity index (χ0) is 12.2. The number of hydrogen-bond acceptors (Lipinski definition) is 5. The molecule has 1 saturated heterocycles. The molecule has 0 radical (unpaired) electrons. The van der Waals surface area contributed by atoms with E-state index < -0.39 is 10.0 Å². The Hall–Kier alpha value is -0.210. The van der Waals surface area contributed by atoms with Gasteiger partial charge in [-0.25, -0.2) is 8.42 Å². The summed E-state index contributed by atoms with van der Waals surface area (Å²) in [6.45, 7) is 1.11. The molecule has 1 aliphatic heterocycles. The Labute approximate surface area is 96.7 Å². The summed E-state index contributed by atoms with van der Waals surface area (Å²) in [6, 6.07) is 0. The Morgan fingerprint density at radius 1 is 1.25 bits per heavy atom. The lowest BCUT2D eigenvalue weighted by atomic mass is 10.3. The van der Waals surface area contributed by atoms with Crippen molar-refractivity contribution >= 4 is 10.0 Å². The van der Waals surface area contributed by atoms with Gasteiger partial charge in [-0.15, -0.1) is 0 Å². The fourth-order valence-electron chi connectivity index (χ4n) is 1.79. The van der Waals surface area contributed by atoms with Gasteiger partial charge in [-0.1, -0.05) is 0 Å². The smallest absolute Gasteiger partial charge is 0.214 e. The first-order valence-electron chi connectivity index (χ1n) is 5.28. The average molecular weight is 252 g/mol. The van der Waals surface area contributed by atoms with Gasteiger partial charge in [-0.05, 0) is 13.0 Å². The Morgan fingerprint density at radius 2 is 1.75 bits per heavy atom. The fourth-order valence-corrected chi connectivity index (χ4v) is 3.32. The quantitative estimate of drug-likeness (QED) is 0.656. The van der Waals surface area contributed by atoms with Crippen LogP contribution >= 0.6 is 0 Å². The second-order valence-electron chi connectivity index (χ2n) is 3.82. The summed E-state index contributed by atoms with van der Waals surface area (Å²) < 4.78 is 35.5. The molecule has 0 amide bonds. The molecular formula is C9H20N2O4S. The third-order valence-electron chi connectivity index (χ3n) is 2.79. The Balaban J connectivity index is 2.63. The van der Waals surface area contributed by atoms with Crippen LogP contribution in [0.4, 0.5) is 0 Å². The van der Waals surface area contributed by atoms with E-state index in [1.807, 2.05) is 0 Å². The number of nitrogens with two attached hydrogens (primary N) is 1. The highest BCUT2D eigenvalue weighted by Gasteiger charge is 2.38. The highest BCUT2D eigenvalue weighted by molar-refractivity contribution is 7.89. The first-order valence-corrected chi connectivity index (χ1v) is 6.89. The van der Waals surface area contributed by atoms with Crippen molar-refractivity contribution < 1.29 is 17.9 Å². The third kappa shape index (κ3) is 3.14. The number of hydrogen-bond donors (Lipinski definition) is 1. The van der Waals surface area contributed by atoms with Crippen LogP contribution in [-0.2, 0) is 19.5 Å². The van der Waals surface area contributed by atoms with Crippen LogP contribution in [-0.4, -0.2) is 64.5 Å². The molecular weight excluding hydrogens is 232 g/mol. The van der Waals surface area contributed by atoms with Gasteiger partial charge < -0.3 is 15.2 Å². The summed E-state index contributed by atoms with van der Waals surface area (Å²) in [7, 11) is -0.0905. The Morgan fingerprint density at radius 3 is 2.12 bits per heavy atom. The van der Waals surface area contributed by atoms with Crippen LogP contribution in [0.5, 0.6) is 0 Å². The minimum absolute atomic E-state index is 0.0936. The van der Waals surface area contributed by atoms with Crippen molar-refractivity contribution in [3.05, 3.63) is 0 Å². The van der Waals surface area contributed by atoms with Gasteiger partial charge in [0.2, 0.25) is 10.0 Å². The highest BCUT2D eigenvalue weighted by atomic mass is 32.2. The van der Waals surface area contributed by atoms with Crippen LogP contribution in [0.25, 0.3) is 0 Å². The summed E-state index contributed by atoms with van der Waals surface area (Å²) in [6.07, 6.45) is 0.115. The SMILES string of the molecule is COC1CN(S(=O)(=O)CCCN)CC1OC. The molecule has 6 nitrogen and oxygen atoms in total. The first-order chi connectivity index (χ1) is 7.55. The molecule has 0 spiro atoms. The van der Waals surface area contributed by atoms with Gasteiger partial charge in [0, 0.05) is 27.3 Å². The maximum atomic E-state index is 11.9. The molecule has 0 aliphatic carbocycles. The molecule has 0 aromatic rings. The topological polar surface area (TPSA) is 81.9 Å². The summed E-state index contributed by atoms with van der Waals surface area (Å²) >= 11 is 0. The van der Waals surface area contributed by atoms with E-state index in [1.54, 1.807) is 14.2 Å². The molecule has 1 heterocycles. The summed E-state index contributed by atoms with van der Waals surface area (Å²) in [4.78, 5) is 0. The van der Waals surface area contributed by atoms with Gasteiger partial charge in [0.25, 0.3) is 0 Å². The number of sulfonamides is 1. The van der Waals surface area contributed by atoms with E-state index in [0.717, 1.165) is 0 Å². The van der Waals surface area contributed by atoms with Gasteiger partial charge in [0.05, 0.1) is 18.0 Å². The lowest BCUT2D eigenvalue weighted by molar-refractivity contribution is -0.00461. The zero-order valence-corrected chi connectivity index (χ0v) is 10.6. The van der Waals surface area contributed by atoms with Crippen LogP contribution in [0.3, 0.4) is 0 Å². The lowest BCUT2D eigenvalue weighted by Crippen LogP contribution is -2.32. The van der Waals surface area contributed by atoms with Gasteiger partial charge >= 0.3 is 0 Å². The molecule has 0 aromatic carbocycles. The number of rotatable bonds is 6. The molecule has 1 rings (SSSR count). The molecule has 16 heavy (non-hydrogen) atoms. The number of nitrogens with zero attached hydrogens (tertiary/aromatic N) is 1. The predicted molar refractivity (Wildman–Crippen MR) is 60.6 cm³/mol. The molecule has 0 aromatic heterocycles. The molecule has 2 N–H and O–H groups in total. The van der Waals surface area contributed by atoms with Crippen LogP contribution in [0.2, 0.25) is 0 Å². The van der Waals surface area contributed by atoms with Gasteiger partial charge in [-0.2, -0.15) is 4.31 Å². The summed E-state index contributed by atoms with van der Waals surface area (Å²) in [5.41, 5.74) is 5.31. The average Bonchev–Trinajstić information content (AvgIpc) is 2.70. The van der Waals surface area contributed by atoms with E-state index in [2.05, 4.69) is 0 Å². The van der Waals surface area contributed by atoms with Gasteiger partial charge in [0.15, 0.2) is 0 Å². The largest absolute Gasteiger partial charge is 0.377 e. The van der Waals surface area contributed by atoms with Crippen molar-refractivity contribution in [3.8, 4) is 0 Å². The van der Waals surface area contributed by atoms with Gasteiger partial charge in [-0.3, -0.25) is 0 Å². The molecule has 1 aliphatic rings. The van der Waals surface area contributed by atoms with Gasteiger partial charge in [0.1, 0.15) is 0 Å². The van der Waals surface area contributed by atoms with Crippen molar-refractivity contribution in [2.45, 2.75) is 18.6 Å². The Bertz CT molecular complexity index is 295. The zero-order valence-electron chi connectivity index (χ0n) is 9.76. The fraction of sp³-hybridized carbons (Fsp3) is 1.00. The Kier molecular flexibility index (Phi) is 5.13. The van der Waals surface area contributed by atoms with E-state index >= 15 is 0 Å². The van der Waals surface area contributed by atoms with Crippen molar-refractivity contribution in [2.24, 2.45) is 5.73 Å². The maximum absolute atomic E-state index is 11.9. The van der Waals surface area contributed by atoms with E-state index in [4.69, 9.17) is 15.2 Å². The molecule has 96 valence electrons. The van der Waals surface area contributed by atoms with Crippen LogP contribution in [0.1, 0.15) is 6.42 Å². The van der Waals surface area contributed by atoms with Crippen LogP contribution in [0.15, 0.2) is 0 Å². The summed E-state index contributed by atoms with van der Waals surface area (Å²) in [5, 5.41) is 0. The summed E-state index contributed by atoms with van der Waals surface area (Å²) in [5.74, 6) is 0.0936. The maximum Gasteiger partial charge on any atom is 0.214 e. The molecule has 0 bridgehead atoms. The highest BCUT2D eigenvalue weighted by Crippen LogP contribution is 2.19. The number of ether oxygens (including phenoxy) is 2. The van der Waals surface area contributed by atoms with Crippen molar-refractivity contribution in [1.29, 1.82) is 0 Å². The van der Waals surface area contributed by atoms with Crippen molar-refractivity contribution in [3.63, 3.8) is 0 Å². The minimum atomic E-state index is -3.21. The normalized spacial score (nSPS) is 27.4. The molecule has 0 saturated carbocycles. The van der Waals surface area contributed by atoms with Crippen LogP contribution < -0.4 is 5.73 Å². The van der Waals surface area contributed by atoms with E-state index in [0.29, 0.717) is 26.1 Å². The monoisotopic (exact) mass is 252 g/mol. The van der Waals surface area contributed by atoms with E-state index in [9.17, 15) is 8.42 Å². The second-order valence-corrected chi connectivity index (χ2v) is 5.91. The van der Waals surface area contributed by atoms with Crippen molar-refractivity contribution in [1.82, 2.24) is 4.31 Å². The standard InChI is InChI=1S/C9H20N2O4S/c1-14-8-6-11(7-9(8)15-2)16(12,13)5-3-4-10/h8-9H,3-7,10H2,1-2H3. The first kappa shape index (κ1) is 13.9. The minimum Gasteiger partial charge on any atom is -0.377 e. The second kappa shape index (κ2) is 5.92. The van der Waals surface area contributed by atoms with Crippen molar-refractivity contribution in [2.75, 3.05) is 39.6 Å².